The predicted octanol–water partition coefficient (Wildman–Crippen LogP) is 2.52. The van der Waals surface area contributed by atoms with Crippen molar-refractivity contribution in [2.75, 3.05) is 37.0 Å². The molecule has 1 heterocycles. The van der Waals surface area contributed by atoms with Gasteiger partial charge in [0.2, 0.25) is 0 Å². The second-order valence-electron chi connectivity index (χ2n) is 4.73. The van der Waals surface area contributed by atoms with Crippen LogP contribution >= 0.6 is 0 Å². The van der Waals surface area contributed by atoms with Gasteiger partial charge in [-0.25, -0.2) is 4.98 Å². The molecule has 0 unspecified atom stereocenters. The Kier molecular flexibility index (Phi) is 4.81. The van der Waals surface area contributed by atoms with Crippen LogP contribution in [0.5, 0.6) is 0 Å². The van der Waals surface area contributed by atoms with Crippen LogP contribution in [0.3, 0.4) is 0 Å². The lowest BCUT2D eigenvalue weighted by Crippen LogP contribution is -2.30. The molecule has 1 aromatic rings. The summed E-state index contributed by atoms with van der Waals surface area (Å²) in [6.45, 7) is 4.81. The van der Waals surface area contributed by atoms with E-state index in [0.29, 0.717) is 6.04 Å². The van der Waals surface area contributed by atoms with Gasteiger partial charge >= 0.3 is 0 Å². The van der Waals surface area contributed by atoms with E-state index in [4.69, 9.17) is 4.74 Å². The zero-order chi connectivity index (χ0) is 12.8. The number of hydrogen-bond acceptors (Lipinski definition) is 4. The summed E-state index contributed by atoms with van der Waals surface area (Å²) in [5.41, 5.74) is 0. The van der Waals surface area contributed by atoms with E-state index in [9.17, 15) is 0 Å². The average molecular weight is 249 g/mol. The quantitative estimate of drug-likeness (QED) is 0.768. The minimum Gasteiger partial charge on any atom is -0.383 e. The van der Waals surface area contributed by atoms with Crippen molar-refractivity contribution < 1.29 is 4.74 Å². The maximum absolute atomic E-state index is 5.18. The summed E-state index contributed by atoms with van der Waals surface area (Å²) < 4.78 is 5.18. The van der Waals surface area contributed by atoms with Gasteiger partial charge in [-0.3, -0.25) is 0 Å². The van der Waals surface area contributed by atoms with Gasteiger partial charge in [0.1, 0.15) is 11.6 Å². The fourth-order valence-electron chi connectivity index (χ4n) is 1.99. The molecule has 1 aliphatic carbocycles. The van der Waals surface area contributed by atoms with E-state index in [1.165, 1.54) is 12.8 Å². The molecule has 4 nitrogen and oxygen atoms in total. The van der Waals surface area contributed by atoms with Crippen LogP contribution in [0.2, 0.25) is 0 Å². The third-order valence-electron chi connectivity index (χ3n) is 3.11. The Morgan fingerprint density at radius 2 is 2.28 bits per heavy atom. The standard InChI is InChI=1S/C14H23N3O/c1-3-9-15-13-5-4-6-14(16-13)17(10-11-18-2)12-7-8-12/h4-6,12H,3,7-11H2,1-2H3,(H,15,16). The van der Waals surface area contributed by atoms with Gasteiger partial charge in [0.05, 0.1) is 6.61 Å². The Balaban J connectivity index is 2.03. The third-order valence-corrected chi connectivity index (χ3v) is 3.11. The largest absolute Gasteiger partial charge is 0.383 e. The summed E-state index contributed by atoms with van der Waals surface area (Å²) in [5, 5.41) is 3.34. The third kappa shape index (κ3) is 3.60. The number of hydrogen-bond donors (Lipinski definition) is 1. The Labute approximate surface area is 109 Å². The summed E-state index contributed by atoms with van der Waals surface area (Å²) in [5.74, 6) is 2.04. The lowest BCUT2D eigenvalue weighted by molar-refractivity contribution is 0.204. The highest BCUT2D eigenvalue weighted by atomic mass is 16.5. The number of pyridine rings is 1. The monoisotopic (exact) mass is 249 g/mol. The highest BCUT2D eigenvalue weighted by Crippen LogP contribution is 2.30. The Hall–Kier alpha value is -1.29. The molecule has 2 rings (SSSR count). The van der Waals surface area contributed by atoms with Gasteiger partial charge in [-0.1, -0.05) is 13.0 Å². The molecular formula is C14H23N3O. The molecule has 4 heteroatoms. The molecule has 18 heavy (non-hydrogen) atoms. The van der Waals surface area contributed by atoms with Crippen molar-refractivity contribution in [3.05, 3.63) is 18.2 Å². The Bertz CT molecular complexity index is 366. The van der Waals surface area contributed by atoms with Crippen molar-refractivity contribution in [1.29, 1.82) is 0 Å². The normalized spacial score (nSPS) is 14.6. The first kappa shape index (κ1) is 13.1. The molecule has 1 aromatic heterocycles. The van der Waals surface area contributed by atoms with Crippen molar-refractivity contribution in [2.24, 2.45) is 0 Å². The number of anilines is 2. The van der Waals surface area contributed by atoms with Gasteiger partial charge in [0.25, 0.3) is 0 Å². The lowest BCUT2D eigenvalue weighted by atomic mass is 10.3. The minimum atomic E-state index is 0.661. The second kappa shape index (κ2) is 6.59. The average Bonchev–Trinajstić information content (AvgIpc) is 3.22. The maximum atomic E-state index is 5.18. The van der Waals surface area contributed by atoms with Gasteiger partial charge in [0.15, 0.2) is 0 Å². The molecule has 1 saturated carbocycles. The molecule has 0 atom stereocenters. The molecule has 0 spiro atoms. The number of ether oxygens (including phenoxy) is 1. The van der Waals surface area contributed by atoms with E-state index in [-0.39, 0.29) is 0 Å². The zero-order valence-electron chi connectivity index (χ0n) is 11.4. The highest BCUT2D eigenvalue weighted by Gasteiger charge is 2.29. The summed E-state index contributed by atoms with van der Waals surface area (Å²) in [7, 11) is 1.75. The molecule has 1 fully saturated rings. The summed E-state index contributed by atoms with van der Waals surface area (Å²) >= 11 is 0. The number of nitrogens with one attached hydrogen (secondary N) is 1. The van der Waals surface area contributed by atoms with Gasteiger partial charge in [-0.2, -0.15) is 0 Å². The van der Waals surface area contributed by atoms with Crippen LogP contribution < -0.4 is 10.2 Å². The predicted molar refractivity (Wildman–Crippen MR) is 75.3 cm³/mol. The number of methoxy groups -OCH3 is 1. The SMILES string of the molecule is CCCNc1cccc(N(CCOC)C2CC2)n1. The number of aromatic nitrogens is 1. The van der Waals surface area contributed by atoms with Crippen LogP contribution in [0.4, 0.5) is 11.6 Å². The van der Waals surface area contributed by atoms with Crippen LogP contribution in [0, 0.1) is 0 Å². The lowest BCUT2D eigenvalue weighted by Gasteiger charge is -2.23. The Morgan fingerprint density at radius 1 is 1.44 bits per heavy atom. The first-order chi connectivity index (χ1) is 8.85. The van der Waals surface area contributed by atoms with Crippen molar-refractivity contribution in [3.8, 4) is 0 Å². The van der Waals surface area contributed by atoms with Crippen LogP contribution in [0.15, 0.2) is 18.2 Å². The van der Waals surface area contributed by atoms with Gasteiger partial charge in [-0.05, 0) is 31.4 Å². The maximum Gasteiger partial charge on any atom is 0.131 e. The Morgan fingerprint density at radius 3 is 2.94 bits per heavy atom. The molecule has 100 valence electrons. The number of rotatable bonds is 8. The molecule has 1 aliphatic rings. The zero-order valence-corrected chi connectivity index (χ0v) is 11.4. The topological polar surface area (TPSA) is 37.4 Å². The van der Waals surface area contributed by atoms with Crippen molar-refractivity contribution in [1.82, 2.24) is 4.98 Å². The first-order valence-electron chi connectivity index (χ1n) is 6.81. The molecule has 0 amide bonds. The second-order valence-corrected chi connectivity index (χ2v) is 4.73. The summed E-state index contributed by atoms with van der Waals surface area (Å²) in [6.07, 6.45) is 3.66. The van der Waals surface area contributed by atoms with Gasteiger partial charge in [0, 0.05) is 26.2 Å². The molecule has 1 N–H and O–H groups in total. The molecule has 0 saturated heterocycles. The highest BCUT2D eigenvalue weighted by molar-refractivity contribution is 5.48. The summed E-state index contributed by atoms with van der Waals surface area (Å²) in [4.78, 5) is 7.05. The molecular weight excluding hydrogens is 226 g/mol. The fraction of sp³-hybridized carbons (Fsp3) is 0.643. The van der Waals surface area contributed by atoms with E-state index in [1.807, 2.05) is 6.07 Å². The van der Waals surface area contributed by atoms with Gasteiger partial charge < -0.3 is 15.0 Å². The van der Waals surface area contributed by atoms with Crippen LogP contribution in [-0.4, -0.2) is 37.8 Å². The molecule has 0 aromatic carbocycles. The van der Waals surface area contributed by atoms with E-state index in [0.717, 1.165) is 37.8 Å². The van der Waals surface area contributed by atoms with E-state index >= 15 is 0 Å². The van der Waals surface area contributed by atoms with E-state index in [2.05, 4.69) is 34.3 Å². The summed E-state index contributed by atoms with van der Waals surface area (Å²) in [6, 6.07) is 6.85. The first-order valence-corrected chi connectivity index (χ1v) is 6.81. The van der Waals surface area contributed by atoms with E-state index in [1.54, 1.807) is 7.11 Å². The van der Waals surface area contributed by atoms with Crippen molar-refractivity contribution >= 4 is 11.6 Å². The molecule has 0 bridgehead atoms. The van der Waals surface area contributed by atoms with E-state index < -0.39 is 0 Å². The number of nitrogens with zero attached hydrogens (tertiary/aromatic N) is 2. The van der Waals surface area contributed by atoms with Crippen LogP contribution in [0.1, 0.15) is 26.2 Å². The van der Waals surface area contributed by atoms with Crippen molar-refractivity contribution in [2.45, 2.75) is 32.2 Å². The fourth-order valence-corrected chi connectivity index (χ4v) is 1.99. The van der Waals surface area contributed by atoms with Crippen LogP contribution in [-0.2, 0) is 4.74 Å². The minimum absolute atomic E-state index is 0.661. The van der Waals surface area contributed by atoms with Gasteiger partial charge in [-0.15, -0.1) is 0 Å². The molecule has 0 radical (unpaired) electrons. The van der Waals surface area contributed by atoms with Crippen molar-refractivity contribution in [3.63, 3.8) is 0 Å². The smallest absolute Gasteiger partial charge is 0.131 e. The van der Waals surface area contributed by atoms with Crippen LogP contribution in [0.25, 0.3) is 0 Å². The molecule has 0 aliphatic heterocycles.